The van der Waals surface area contributed by atoms with Gasteiger partial charge in [0.1, 0.15) is 5.60 Å². The van der Waals surface area contributed by atoms with Gasteiger partial charge in [-0.25, -0.2) is 4.79 Å². The number of rotatable bonds is 2. The largest absolute Gasteiger partial charge is 0.444 e. The van der Waals surface area contributed by atoms with Crippen molar-refractivity contribution in [2.45, 2.75) is 71.4 Å². The Kier molecular flexibility index (Phi) is 4.42. The summed E-state index contributed by atoms with van der Waals surface area (Å²) in [5, 5.41) is 0.208. The molecule has 0 spiro atoms. The first-order valence-corrected chi connectivity index (χ1v) is 9.88. The number of nitrogens with zero attached hydrogens (tertiary/aromatic N) is 1. The summed E-state index contributed by atoms with van der Waals surface area (Å²) in [6.07, 6.45) is -0.0593. The predicted octanol–water partition coefficient (Wildman–Crippen LogP) is 3.63. The summed E-state index contributed by atoms with van der Waals surface area (Å²) in [7, 11) is -1.73. The second kappa shape index (κ2) is 5.09. The molecule has 0 aromatic rings. The van der Waals surface area contributed by atoms with E-state index >= 15 is 0 Å². The molecule has 0 N–H and O–H groups in total. The van der Waals surface area contributed by atoms with Gasteiger partial charge in [0.15, 0.2) is 8.32 Å². The number of likely N-dealkylation sites (tertiary alicyclic amines) is 1. The first kappa shape index (κ1) is 16.5. The summed E-state index contributed by atoms with van der Waals surface area (Å²) in [5.41, 5.74) is -0.428. The van der Waals surface area contributed by atoms with Gasteiger partial charge in [0.05, 0.1) is 19.2 Å². The van der Waals surface area contributed by atoms with E-state index in [0.29, 0.717) is 13.1 Å². The fourth-order valence-corrected chi connectivity index (χ4v) is 2.92. The first-order chi connectivity index (χ1) is 8.32. The zero-order valence-electron chi connectivity index (χ0n) is 13.7. The third-order valence-electron chi connectivity index (χ3n) is 3.77. The van der Waals surface area contributed by atoms with Crippen LogP contribution in [0.4, 0.5) is 4.79 Å². The van der Waals surface area contributed by atoms with Crippen LogP contribution in [0.25, 0.3) is 0 Å². The summed E-state index contributed by atoms with van der Waals surface area (Å²) < 4.78 is 11.6. The van der Waals surface area contributed by atoms with E-state index in [4.69, 9.17) is 9.16 Å². The highest BCUT2D eigenvalue weighted by Gasteiger charge is 2.43. The Labute approximate surface area is 118 Å². The maximum atomic E-state index is 11.8. The lowest BCUT2D eigenvalue weighted by Crippen LogP contribution is -2.59. The number of hydrogen-bond acceptors (Lipinski definition) is 3. The van der Waals surface area contributed by atoms with Crippen LogP contribution in [0.5, 0.6) is 0 Å². The topological polar surface area (TPSA) is 38.8 Å². The molecule has 0 aromatic heterocycles. The van der Waals surface area contributed by atoms with Crippen molar-refractivity contribution in [3.63, 3.8) is 0 Å². The number of amides is 1. The maximum Gasteiger partial charge on any atom is 0.410 e. The molecule has 5 heteroatoms. The molecule has 4 nitrogen and oxygen atoms in total. The monoisotopic (exact) mass is 287 g/mol. The van der Waals surface area contributed by atoms with Crippen molar-refractivity contribution in [2.24, 2.45) is 0 Å². The third-order valence-corrected chi connectivity index (χ3v) is 8.30. The van der Waals surface area contributed by atoms with Gasteiger partial charge in [-0.15, -0.1) is 0 Å². The van der Waals surface area contributed by atoms with E-state index in [-0.39, 0.29) is 17.2 Å². The van der Waals surface area contributed by atoms with Crippen molar-refractivity contribution in [3.8, 4) is 0 Å². The molecule has 1 saturated heterocycles. The fourth-order valence-electron chi connectivity index (χ4n) is 1.58. The van der Waals surface area contributed by atoms with Crippen LogP contribution >= 0.6 is 0 Å². The molecular formula is C14H29NO3Si. The van der Waals surface area contributed by atoms with Crippen LogP contribution in [0.1, 0.15) is 41.5 Å². The minimum absolute atomic E-state index is 0.174. The molecule has 0 bridgehead atoms. The van der Waals surface area contributed by atoms with E-state index in [1.54, 1.807) is 4.90 Å². The average molecular weight is 287 g/mol. The minimum atomic E-state index is -1.73. The van der Waals surface area contributed by atoms with Crippen LogP contribution < -0.4 is 0 Å². The molecule has 1 aliphatic heterocycles. The number of hydrogen-bond donors (Lipinski definition) is 0. The molecular weight excluding hydrogens is 258 g/mol. The van der Waals surface area contributed by atoms with Crippen molar-refractivity contribution in [2.75, 3.05) is 13.1 Å². The SMILES string of the molecule is CC(C)(C)OC(=O)N1CC(O[Si](C)(C)C(C)(C)C)C1. The average Bonchev–Trinajstić information content (AvgIpc) is 2.05. The van der Waals surface area contributed by atoms with Crippen LogP contribution in [0, 0.1) is 0 Å². The normalized spacial score (nSPS) is 18.2. The molecule has 0 radical (unpaired) electrons. The van der Waals surface area contributed by atoms with E-state index in [1.807, 2.05) is 20.8 Å². The molecule has 0 saturated carbocycles. The van der Waals surface area contributed by atoms with Crippen molar-refractivity contribution < 1.29 is 14.0 Å². The highest BCUT2D eigenvalue weighted by Crippen LogP contribution is 2.38. The van der Waals surface area contributed by atoms with Crippen molar-refractivity contribution in [1.82, 2.24) is 4.90 Å². The molecule has 0 aliphatic carbocycles. The summed E-state index contributed by atoms with van der Waals surface area (Å²) >= 11 is 0. The lowest BCUT2D eigenvalue weighted by atomic mass is 10.2. The van der Waals surface area contributed by atoms with Crippen LogP contribution in [-0.2, 0) is 9.16 Å². The molecule has 19 heavy (non-hydrogen) atoms. The van der Waals surface area contributed by atoms with Crippen LogP contribution in [0.3, 0.4) is 0 Å². The minimum Gasteiger partial charge on any atom is -0.444 e. The zero-order valence-corrected chi connectivity index (χ0v) is 14.7. The van der Waals surface area contributed by atoms with Gasteiger partial charge in [0.25, 0.3) is 0 Å². The van der Waals surface area contributed by atoms with Crippen LogP contribution in [0.2, 0.25) is 18.1 Å². The Morgan fingerprint density at radius 3 is 1.95 bits per heavy atom. The van der Waals surface area contributed by atoms with Crippen LogP contribution in [-0.4, -0.2) is 44.1 Å². The van der Waals surface area contributed by atoms with Gasteiger partial charge in [0.2, 0.25) is 0 Å². The second-order valence-corrected chi connectivity index (χ2v) is 12.6. The molecule has 0 unspecified atom stereocenters. The maximum absolute atomic E-state index is 11.8. The molecule has 1 heterocycles. The Bertz CT molecular complexity index is 336. The van der Waals surface area contributed by atoms with Gasteiger partial charge in [0, 0.05) is 0 Å². The van der Waals surface area contributed by atoms with Gasteiger partial charge in [-0.1, -0.05) is 20.8 Å². The van der Waals surface area contributed by atoms with Crippen molar-refractivity contribution in [1.29, 1.82) is 0 Å². The van der Waals surface area contributed by atoms with Gasteiger partial charge in [-0.05, 0) is 38.9 Å². The van der Waals surface area contributed by atoms with E-state index < -0.39 is 13.9 Å². The molecule has 1 amide bonds. The Morgan fingerprint density at radius 2 is 1.58 bits per heavy atom. The second-order valence-electron chi connectivity index (χ2n) is 7.89. The van der Waals surface area contributed by atoms with E-state index in [1.165, 1.54) is 0 Å². The zero-order chi connectivity index (χ0) is 15.1. The van der Waals surface area contributed by atoms with Gasteiger partial charge < -0.3 is 14.1 Å². The van der Waals surface area contributed by atoms with Gasteiger partial charge in [-0.3, -0.25) is 0 Å². The lowest BCUT2D eigenvalue weighted by Gasteiger charge is -2.46. The smallest absolute Gasteiger partial charge is 0.410 e. The molecule has 0 atom stereocenters. The lowest BCUT2D eigenvalue weighted by molar-refractivity contribution is -0.0259. The highest BCUT2D eigenvalue weighted by molar-refractivity contribution is 6.74. The molecule has 1 aliphatic rings. The molecule has 1 fully saturated rings. The third kappa shape index (κ3) is 4.49. The summed E-state index contributed by atoms with van der Waals surface area (Å²) in [6, 6.07) is 0. The molecule has 0 aromatic carbocycles. The van der Waals surface area contributed by atoms with Gasteiger partial charge >= 0.3 is 6.09 Å². The quantitative estimate of drug-likeness (QED) is 0.728. The first-order valence-electron chi connectivity index (χ1n) is 6.97. The molecule has 1 rings (SSSR count). The predicted molar refractivity (Wildman–Crippen MR) is 79.9 cm³/mol. The number of carbonyl (C=O) groups is 1. The van der Waals surface area contributed by atoms with Gasteiger partial charge in [-0.2, -0.15) is 0 Å². The number of carbonyl (C=O) groups excluding carboxylic acids is 1. The summed E-state index contributed by atoms with van der Waals surface area (Å²) in [4.78, 5) is 13.5. The van der Waals surface area contributed by atoms with Crippen LogP contribution in [0.15, 0.2) is 0 Å². The van der Waals surface area contributed by atoms with Crippen molar-refractivity contribution >= 4 is 14.4 Å². The Morgan fingerprint density at radius 1 is 1.11 bits per heavy atom. The van der Waals surface area contributed by atoms with E-state index in [2.05, 4.69) is 33.9 Å². The summed E-state index contributed by atoms with van der Waals surface area (Å²) in [5.74, 6) is 0. The van der Waals surface area contributed by atoms with Crippen molar-refractivity contribution in [3.05, 3.63) is 0 Å². The fraction of sp³-hybridized carbons (Fsp3) is 0.929. The highest BCUT2D eigenvalue weighted by atomic mass is 28.4. The number of ether oxygens (including phenoxy) is 1. The summed E-state index contributed by atoms with van der Waals surface area (Å²) in [6.45, 7) is 18.1. The Balaban J connectivity index is 2.41. The Hall–Kier alpha value is -0.553. The standard InChI is InChI=1S/C14H29NO3Si/c1-13(2,3)17-12(16)15-9-11(10-15)18-19(7,8)14(4,5)6/h11H,9-10H2,1-8H3. The molecule has 112 valence electrons. The van der Waals surface area contributed by atoms with E-state index in [9.17, 15) is 4.79 Å². The van der Waals surface area contributed by atoms with E-state index in [0.717, 1.165) is 0 Å².